The summed E-state index contributed by atoms with van der Waals surface area (Å²) < 4.78 is 5.83. The number of aromatic nitrogens is 2. The van der Waals surface area contributed by atoms with Crippen molar-refractivity contribution >= 4 is 28.6 Å². The van der Waals surface area contributed by atoms with Crippen LogP contribution in [-0.4, -0.2) is 15.3 Å². The number of rotatable bonds is 5. The Morgan fingerprint density at radius 2 is 1.61 bits per heavy atom. The molecular formula is C27H24N4OS. The molecule has 1 N–H and O–H groups in total. The molecule has 0 bridgehead atoms. The first-order valence-electron chi connectivity index (χ1n) is 11.0. The molecule has 3 aromatic carbocycles. The van der Waals surface area contributed by atoms with Crippen LogP contribution < -0.4 is 10.2 Å². The van der Waals surface area contributed by atoms with E-state index in [9.17, 15) is 0 Å². The van der Waals surface area contributed by atoms with E-state index in [2.05, 4.69) is 41.7 Å². The van der Waals surface area contributed by atoms with Gasteiger partial charge in [-0.2, -0.15) is 4.98 Å². The second kappa shape index (κ2) is 9.00. The van der Waals surface area contributed by atoms with Gasteiger partial charge in [0.2, 0.25) is 5.82 Å². The summed E-state index contributed by atoms with van der Waals surface area (Å²) in [5.41, 5.74) is 6.11. The molecular weight excluding hydrogens is 428 g/mol. The smallest absolute Gasteiger partial charge is 0.258 e. The molecule has 2 heterocycles. The summed E-state index contributed by atoms with van der Waals surface area (Å²) in [5, 5.41) is 8.42. The van der Waals surface area contributed by atoms with Crippen molar-refractivity contribution in [2.24, 2.45) is 0 Å². The molecule has 0 saturated heterocycles. The number of aryl methyl sites for hydroxylation is 1. The van der Waals surface area contributed by atoms with E-state index in [1.807, 2.05) is 72.5 Å². The van der Waals surface area contributed by atoms with E-state index in [1.165, 1.54) is 5.56 Å². The van der Waals surface area contributed by atoms with Crippen LogP contribution >= 0.6 is 12.2 Å². The van der Waals surface area contributed by atoms with Crippen LogP contribution in [0.15, 0.2) is 95.1 Å². The zero-order valence-electron chi connectivity index (χ0n) is 18.5. The maximum atomic E-state index is 5.83. The van der Waals surface area contributed by atoms with Gasteiger partial charge in [0, 0.05) is 16.9 Å². The molecule has 1 aliphatic heterocycles. The van der Waals surface area contributed by atoms with Crippen molar-refractivity contribution < 1.29 is 4.52 Å². The number of benzene rings is 3. The minimum atomic E-state index is -0.200. The van der Waals surface area contributed by atoms with E-state index in [-0.39, 0.29) is 6.04 Å². The summed E-state index contributed by atoms with van der Waals surface area (Å²) in [6.07, 6.45) is 0.990. The predicted octanol–water partition coefficient (Wildman–Crippen LogP) is 6.17. The van der Waals surface area contributed by atoms with Crippen molar-refractivity contribution in [1.82, 2.24) is 15.5 Å². The molecule has 0 radical (unpaired) electrons. The number of nitrogens with one attached hydrogen (secondary N) is 1. The number of hydrogen-bond acceptors (Lipinski definition) is 4. The maximum absolute atomic E-state index is 5.83. The third kappa shape index (κ3) is 4.05. The van der Waals surface area contributed by atoms with E-state index in [4.69, 9.17) is 21.7 Å². The normalized spacial score (nSPS) is 16.1. The third-order valence-electron chi connectivity index (χ3n) is 5.91. The lowest BCUT2D eigenvalue weighted by Gasteiger charge is -2.37. The Balaban J connectivity index is 1.62. The first kappa shape index (κ1) is 21.1. The lowest BCUT2D eigenvalue weighted by Crippen LogP contribution is -2.46. The molecule has 164 valence electrons. The minimum Gasteiger partial charge on any atom is -0.351 e. The van der Waals surface area contributed by atoms with Crippen LogP contribution in [-0.2, 0) is 6.42 Å². The Morgan fingerprint density at radius 3 is 2.27 bits per heavy atom. The van der Waals surface area contributed by atoms with E-state index in [0.717, 1.165) is 34.5 Å². The summed E-state index contributed by atoms with van der Waals surface area (Å²) >= 11 is 5.79. The highest BCUT2D eigenvalue weighted by Crippen LogP contribution is 2.39. The highest BCUT2D eigenvalue weighted by atomic mass is 32.1. The fourth-order valence-corrected chi connectivity index (χ4v) is 4.50. The second-order valence-electron chi connectivity index (χ2n) is 7.94. The number of allylic oxidation sites excluding steroid dienone is 1. The van der Waals surface area contributed by atoms with Gasteiger partial charge in [-0.05, 0) is 48.8 Å². The summed E-state index contributed by atoms with van der Waals surface area (Å²) in [6.45, 7) is 4.19. The minimum absolute atomic E-state index is 0.200. The Hall–Kier alpha value is -3.77. The molecule has 0 fully saturated rings. The van der Waals surface area contributed by atoms with Crippen molar-refractivity contribution in [2.45, 2.75) is 26.3 Å². The van der Waals surface area contributed by atoms with E-state index in [0.29, 0.717) is 16.8 Å². The number of nitrogens with zero attached hydrogens (tertiary/aromatic N) is 3. The van der Waals surface area contributed by atoms with Gasteiger partial charge in [-0.1, -0.05) is 84.9 Å². The highest BCUT2D eigenvalue weighted by Gasteiger charge is 2.34. The van der Waals surface area contributed by atoms with Gasteiger partial charge in [-0.15, -0.1) is 0 Å². The standard InChI is InChI=1S/C27H24N4OS/c1-3-19-14-16-21(17-15-19)25-29-26(32-30-25)23-18(2)31(22-12-8-5-9-13-22)27(33)28-24(23)20-10-6-4-7-11-20/h4-17,24H,3H2,1-2H3,(H,28,33). The average molecular weight is 453 g/mol. The lowest BCUT2D eigenvalue weighted by atomic mass is 9.94. The summed E-state index contributed by atoms with van der Waals surface area (Å²) in [6, 6.07) is 28.3. The largest absolute Gasteiger partial charge is 0.351 e. The fraction of sp³-hybridized carbons (Fsp3) is 0.148. The average Bonchev–Trinajstić information content (AvgIpc) is 3.35. The van der Waals surface area contributed by atoms with E-state index >= 15 is 0 Å². The van der Waals surface area contributed by atoms with Gasteiger partial charge in [0.1, 0.15) is 0 Å². The number of thiocarbonyl (C=S) groups is 1. The lowest BCUT2D eigenvalue weighted by molar-refractivity contribution is 0.404. The van der Waals surface area contributed by atoms with Gasteiger partial charge in [0.15, 0.2) is 5.11 Å². The molecule has 6 heteroatoms. The van der Waals surface area contributed by atoms with E-state index < -0.39 is 0 Å². The Labute approximate surface area is 198 Å². The van der Waals surface area contributed by atoms with Gasteiger partial charge in [0.05, 0.1) is 11.6 Å². The molecule has 1 atom stereocenters. The van der Waals surface area contributed by atoms with Crippen LogP contribution in [0.2, 0.25) is 0 Å². The zero-order chi connectivity index (χ0) is 22.8. The van der Waals surface area contributed by atoms with E-state index in [1.54, 1.807) is 0 Å². The SMILES string of the molecule is CCc1ccc(-c2noc(C3=C(C)N(c4ccccc4)C(=S)NC3c3ccccc3)n2)cc1. The molecule has 5 rings (SSSR count). The first-order chi connectivity index (χ1) is 16.2. The van der Waals surface area contributed by atoms with Crippen LogP contribution in [0.3, 0.4) is 0 Å². The first-order valence-corrected chi connectivity index (χ1v) is 11.4. The molecule has 1 aromatic heterocycles. The quantitative estimate of drug-likeness (QED) is 0.366. The van der Waals surface area contributed by atoms with Crippen molar-refractivity contribution in [3.63, 3.8) is 0 Å². The Morgan fingerprint density at radius 1 is 0.939 bits per heavy atom. The molecule has 0 saturated carbocycles. The number of hydrogen-bond donors (Lipinski definition) is 1. The molecule has 0 spiro atoms. The summed E-state index contributed by atoms with van der Waals surface area (Å²) in [4.78, 5) is 6.81. The van der Waals surface area contributed by atoms with Gasteiger partial charge in [-0.3, -0.25) is 4.90 Å². The molecule has 33 heavy (non-hydrogen) atoms. The summed E-state index contributed by atoms with van der Waals surface area (Å²) in [7, 11) is 0. The van der Waals surface area contributed by atoms with Gasteiger partial charge in [-0.25, -0.2) is 0 Å². The zero-order valence-corrected chi connectivity index (χ0v) is 19.3. The topological polar surface area (TPSA) is 54.2 Å². The second-order valence-corrected chi connectivity index (χ2v) is 8.32. The molecule has 0 aliphatic carbocycles. The molecule has 5 nitrogen and oxygen atoms in total. The van der Waals surface area contributed by atoms with Crippen LogP contribution in [0.4, 0.5) is 5.69 Å². The molecule has 1 unspecified atom stereocenters. The number of anilines is 1. The molecule has 4 aromatic rings. The maximum Gasteiger partial charge on any atom is 0.258 e. The van der Waals surface area contributed by atoms with Crippen molar-refractivity contribution in [3.05, 3.63) is 108 Å². The predicted molar refractivity (Wildman–Crippen MR) is 136 cm³/mol. The van der Waals surface area contributed by atoms with Gasteiger partial charge >= 0.3 is 0 Å². The van der Waals surface area contributed by atoms with Crippen molar-refractivity contribution in [2.75, 3.05) is 4.90 Å². The molecule has 0 amide bonds. The third-order valence-corrected chi connectivity index (χ3v) is 6.21. The fourth-order valence-electron chi connectivity index (χ4n) is 4.14. The van der Waals surface area contributed by atoms with Crippen LogP contribution in [0.1, 0.15) is 36.9 Å². The van der Waals surface area contributed by atoms with Crippen LogP contribution in [0.5, 0.6) is 0 Å². The van der Waals surface area contributed by atoms with Crippen molar-refractivity contribution in [1.29, 1.82) is 0 Å². The van der Waals surface area contributed by atoms with Gasteiger partial charge in [0.25, 0.3) is 5.89 Å². The van der Waals surface area contributed by atoms with Crippen molar-refractivity contribution in [3.8, 4) is 11.4 Å². The summed E-state index contributed by atoms with van der Waals surface area (Å²) in [5.74, 6) is 1.05. The Bertz CT molecular complexity index is 1300. The van der Waals surface area contributed by atoms with Crippen LogP contribution in [0, 0.1) is 0 Å². The number of para-hydroxylation sites is 1. The van der Waals surface area contributed by atoms with Gasteiger partial charge < -0.3 is 9.84 Å². The van der Waals surface area contributed by atoms with Crippen LogP contribution in [0.25, 0.3) is 17.0 Å². The monoisotopic (exact) mass is 452 g/mol. The molecule has 1 aliphatic rings. The Kier molecular flexibility index (Phi) is 5.75. The highest BCUT2D eigenvalue weighted by molar-refractivity contribution is 7.80.